The van der Waals surface area contributed by atoms with Gasteiger partial charge in [0.05, 0.1) is 23.9 Å². The van der Waals surface area contributed by atoms with Gasteiger partial charge in [0.15, 0.2) is 0 Å². The van der Waals surface area contributed by atoms with Crippen molar-refractivity contribution in [1.29, 1.82) is 5.26 Å². The second kappa shape index (κ2) is 11.0. The molecule has 0 aliphatic heterocycles. The van der Waals surface area contributed by atoms with Crippen molar-refractivity contribution in [2.75, 3.05) is 12.4 Å². The quantitative estimate of drug-likeness (QED) is 0.270. The molecule has 1 amide bonds. The van der Waals surface area contributed by atoms with E-state index in [1.54, 1.807) is 54.6 Å². The predicted octanol–water partition coefficient (Wildman–Crippen LogP) is 5.62. The lowest BCUT2D eigenvalue weighted by molar-refractivity contribution is -0.137. The van der Waals surface area contributed by atoms with Crippen LogP contribution in [0.2, 0.25) is 0 Å². The van der Waals surface area contributed by atoms with Crippen LogP contribution in [0.5, 0.6) is 5.75 Å². The Morgan fingerprint density at radius 2 is 1.66 bits per heavy atom. The van der Waals surface area contributed by atoms with E-state index in [1.807, 2.05) is 0 Å². The summed E-state index contributed by atoms with van der Waals surface area (Å²) in [5.41, 5.74) is -0.0747. The number of nitriles is 1. The smallest absolute Gasteiger partial charge is 0.418 e. The minimum atomic E-state index is -4.65. The van der Waals surface area contributed by atoms with Crippen LogP contribution >= 0.6 is 0 Å². The molecule has 3 aromatic rings. The van der Waals surface area contributed by atoms with Gasteiger partial charge in [-0.2, -0.15) is 18.4 Å². The molecule has 0 unspecified atom stereocenters. The van der Waals surface area contributed by atoms with Crippen molar-refractivity contribution in [3.8, 4) is 11.8 Å². The van der Waals surface area contributed by atoms with E-state index in [1.165, 1.54) is 25.3 Å². The fraction of sp³-hybridized carbons (Fsp3) is 0.115. The first-order valence-electron chi connectivity index (χ1n) is 10.2. The van der Waals surface area contributed by atoms with Crippen LogP contribution in [0.4, 0.5) is 18.9 Å². The summed E-state index contributed by atoms with van der Waals surface area (Å²) in [4.78, 5) is 23.9. The lowest BCUT2D eigenvalue weighted by Crippen LogP contribution is -2.17. The number of nitrogens with one attached hydrogen (secondary N) is 1. The summed E-state index contributed by atoms with van der Waals surface area (Å²) >= 11 is 0. The fourth-order valence-electron chi connectivity index (χ4n) is 3.03. The zero-order valence-electron chi connectivity index (χ0n) is 18.4. The van der Waals surface area contributed by atoms with Crippen molar-refractivity contribution in [2.24, 2.45) is 0 Å². The van der Waals surface area contributed by atoms with Gasteiger partial charge in [-0.15, -0.1) is 0 Å². The highest BCUT2D eigenvalue weighted by Gasteiger charge is 2.33. The Morgan fingerprint density at radius 3 is 2.26 bits per heavy atom. The highest BCUT2D eigenvalue weighted by Crippen LogP contribution is 2.34. The van der Waals surface area contributed by atoms with Crippen molar-refractivity contribution >= 4 is 23.6 Å². The van der Waals surface area contributed by atoms with Crippen molar-refractivity contribution in [2.45, 2.75) is 12.8 Å². The number of alkyl halides is 3. The minimum Gasteiger partial charge on any atom is -0.489 e. The van der Waals surface area contributed by atoms with Crippen LogP contribution in [0.1, 0.15) is 27.0 Å². The van der Waals surface area contributed by atoms with Gasteiger partial charge in [0, 0.05) is 0 Å². The van der Waals surface area contributed by atoms with Gasteiger partial charge in [0.2, 0.25) is 0 Å². The molecule has 1 N–H and O–H groups in total. The second-order valence-corrected chi connectivity index (χ2v) is 7.21. The molecule has 3 aromatic carbocycles. The molecule has 0 bridgehead atoms. The minimum absolute atomic E-state index is 0.237. The monoisotopic (exact) mass is 480 g/mol. The highest BCUT2D eigenvalue weighted by atomic mass is 19.4. The largest absolute Gasteiger partial charge is 0.489 e. The van der Waals surface area contributed by atoms with Crippen LogP contribution in [-0.4, -0.2) is 19.0 Å². The van der Waals surface area contributed by atoms with Gasteiger partial charge < -0.3 is 14.8 Å². The number of nitrogens with zero attached hydrogens (tertiary/aromatic N) is 1. The van der Waals surface area contributed by atoms with Crippen LogP contribution < -0.4 is 10.1 Å². The van der Waals surface area contributed by atoms with Crippen molar-refractivity contribution in [3.05, 3.63) is 101 Å². The Morgan fingerprint density at radius 1 is 1.00 bits per heavy atom. The molecule has 9 heteroatoms. The average molecular weight is 480 g/mol. The first-order chi connectivity index (χ1) is 16.7. The number of anilines is 1. The topological polar surface area (TPSA) is 88.4 Å². The first kappa shape index (κ1) is 25.1. The number of hydrogen-bond acceptors (Lipinski definition) is 5. The van der Waals surface area contributed by atoms with E-state index in [4.69, 9.17) is 4.74 Å². The number of benzene rings is 3. The number of carbonyl (C=O) groups is 2. The van der Waals surface area contributed by atoms with Gasteiger partial charge in [-0.3, -0.25) is 4.79 Å². The summed E-state index contributed by atoms with van der Waals surface area (Å²) < 4.78 is 49.8. The highest BCUT2D eigenvalue weighted by molar-refractivity contribution is 6.10. The summed E-state index contributed by atoms with van der Waals surface area (Å²) in [6.45, 7) is 0.237. The summed E-state index contributed by atoms with van der Waals surface area (Å²) in [5.74, 6) is -0.878. The number of esters is 1. The van der Waals surface area contributed by atoms with Crippen LogP contribution in [-0.2, 0) is 22.3 Å². The second-order valence-electron chi connectivity index (χ2n) is 7.21. The van der Waals surface area contributed by atoms with Gasteiger partial charge in [0.25, 0.3) is 5.91 Å². The Balaban J connectivity index is 1.65. The van der Waals surface area contributed by atoms with Crippen LogP contribution in [0.3, 0.4) is 0 Å². The lowest BCUT2D eigenvalue weighted by Gasteiger charge is -2.13. The average Bonchev–Trinajstić information content (AvgIpc) is 2.86. The maximum Gasteiger partial charge on any atom is 0.418 e. The third-order valence-corrected chi connectivity index (χ3v) is 4.82. The van der Waals surface area contributed by atoms with Gasteiger partial charge in [-0.25, -0.2) is 4.79 Å². The summed E-state index contributed by atoms with van der Waals surface area (Å²) in [5, 5.41) is 11.5. The number of carbonyl (C=O) groups excluding carboxylic acids is 2. The number of halogens is 3. The molecule has 0 atom stereocenters. The number of para-hydroxylation sites is 1. The Hall–Kier alpha value is -4.58. The van der Waals surface area contributed by atoms with Gasteiger partial charge in [-0.05, 0) is 53.6 Å². The van der Waals surface area contributed by atoms with Crippen LogP contribution in [0.15, 0.2) is 78.4 Å². The summed E-state index contributed by atoms with van der Waals surface area (Å²) in [6.07, 6.45) is -3.39. The number of methoxy groups -OCH3 is 1. The summed E-state index contributed by atoms with van der Waals surface area (Å²) in [6, 6.07) is 19.4. The molecular weight excluding hydrogens is 461 g/mol. The Labute approximate surface area is 199 Å². The maximum atomic E-state index is 13.1. The molecule has 0 spiro atoms. The molecule has 0 aliphatic rings. The van der Waals surface area contributed by atoms with E-state index in [0.717, 1.165) is 17.7 Å². The first-order valence-corrected chi connectivity index (χ1v) is 10.2. The number of ether oxygens (including phenoxy) is 2. The van der Waals surface area contributed by atoms with E-state index in [9.17, 15) is 28.0 Å². The molecule has 0 fully saturated rings. The number of amides is 1. The predicted molar refractivity (Wildman–Crippen MR) is 122 cm³/mol. The fourth-order valence-corrected chi connectivity index (χ4v) is 3.03. The molecular formula is C26H19F3N2O4. The van der Waals surface area contributed by atoms with E-state index < -0.39 is 29.3 Å². The Bertz CT molecular complexity index is 1280. The van der Waals surface area contributed by atoms with E-state index >= 15 is 0 Å². The third-order valence-electron chi connectivity index (χ3n) is 4.82. The van der Waals surface area contributed by atoms with Gasteiger partial charge in [0.1, 0.15) is 24.0 Å². The Kier molecular flexibility index (Phi) is 7.89. The number of rotatable bonds is 7. The molecule has 0 heterocycles. The molecule has 178 valence electrons. The van der Waals surface area contributed by atoms with Gasteiger partial charge >= 0.3 is 12.1 Å². The SMILES string of the molecule is COC(=O)c1ccc(COc2ccc(C=C(C#N)C(=O)Nc3ccccc3C(F)(F)F)cc2)cc1. The lowest BCUT2D eigenvalue weighted by atomic mass is 10.1. The third kappa shape index (κ3) is 6.71. The van der Waals surface area contributed by atoms with Crippen molar-refractivity contribution in [3.63, 3.8) is 0 Å². The molecule has 0 aliphatic carbocycles. The normalized spacial score (nSPS) is 11.3. The van der Waals surface area contributed by atoms with Crippen LogP contribution in [0.25, 0.3) is 6.08 Å². The zero-order chi connectivity index (χ0) is 25.4. The van der Waals surface area contributed by atoms with Crippen molar-refractivity contribution < 1.29 is 32.2 Å². The molecule has 0 radical (unpaired) electrons. The zero-order valence-corrected chi connectivity index (χ0v) is 18.4. The van der Waals surface area contributed by atoms with Crippen molar-refractivity contribution in [1.82, 2.24) is 0 Å². The van der Waals surface area contributed by atoms with E-state index in [0.29, 0.717) is 16.9 Å². The van der Waals surface area contributed by atoms with E-state index in [2.05, 4.69) is 10.1 Å². The molecule has 6 nitrogen and oxygen atoms in total. The standard InChI is InChI=1S/C26H19F3N2O4/c1-34-25(33)19-10-6-18(7-11-19)16-35-21-12-8-17(9-13-21)14-20(15-30)24(32)31-23-5-3-2-4-22(23)26(27,28)29/h2-14H,16H2,1H3,(H,31,32). The molecule has 35 heavy (non-hydrogen) atoms. The van der Waals surface area contributed by atoms with E-state index in [-0.39, 0.29) is 12.2 Å². The molecule has 0 saturated carbocycles. The summed E-state index contributed by atoms with van der Waals surface area (Å²) in [7, 11) is 1.30. The van der Waals surface area contributed by atoms with Crippen LogP contribution in [0, 0.1) is 11.3 Å². The molecule has 3 rings (SSSR count). The number of hydrogen-bond donors (Lipinski definition) is 1. The maximum absolute atomic E-state index is 13.1. The molecule has 0 aromatic heterocycles. The van der Waals surface area contributed by atoms with Gasteiger partial charge in [-0.1, -0.05) is 36.4 Å². The molecule has 0 saturated heterocycles.